The zero-order valence-electron chi connectivity index (χ0n) is 14.9. The third-order valence-corrected chi connectivity index (χ3v) is 5.57. The Bertz CT molecular complexity index is 1160. The summed E-state index contributed by atoms with van der Waals surface area (Å²) in [5.41, 5.74) is 3.59. The van der Waals surface area contributed by atoms with Crippen LogP contribution in [0, 0.1) is 0 Å². The van der Waals surface area contributed by atoms with Crippen LogP contribution in [0.2, 0.25) is 0 Å². The molecule has 0 fully saturated rings. The lowest BCUT2D eigenvalue weighted by atomic mass is 10.2. The molecule has 0 radical (unpaired) electrons. The van der Waals surface area contributed by atoms with E-state index in [1.807, 2.05) is 53.4 Å². The lowest BCUT2D eigenvalue weighted by Crippen LogP contribution is -2.30. The molecular weight excluding hydrogens is 372 g/mol. The van der Waals surface area contributed by atoms with E-state index in [4.69, 9.17) is 0 Å². The highest BCUT2D eigenvalue weighted by Crippen LogP contribution is 2.28. The predicted octanol–water partition coefficient (Wildman–Crippen LogP) is 2.87. The first-order valence-electron chi connectivity index (χ1n) is 8.94. The van der Waals surface area contributed by atoms with Gasteiger partial charge in [0, 0.05) is 18.4 Å². The van der Waals surface area contributed by atoms with Gasteiger partial charge in [0.2, 0.25) is 11.7 Å². The maximum Gasteiger partial charge on any atom is 0.237 e. The maximum absolute atomic E-state index is 12.7. The molecule has 1 aliphatic rings. The minimum atomic E-state index is 0.0885. The number of hydrogen-bond donors (Lipinski definition) is 0. The van der Waals surface area contributed by atoms with Crippen LogP contribution in [-0.4, -0.2) is 43.0 Å². The number of carbonyl (C=O) groups is 1. The van der Waals surface area contributed by atoms with Gasteiger partial charge in [0.15, 0.2) is 5.65 Å². The lowest BCUT2D eigenvalue weighted by molar-refractivity contribution is -0.116. The second-order valence-corrected chi connectivity index (χ2v) is 7.39. The Balaban J connectivity index is 1.35. The van der Waals surface area contributed by atoms with Gasteiger partial charge in [-0.1, -0.05) is 36.0 Å². The summed E-state index contributed by atoms with van der Waals surface area (Å²) < 4.78 is 1.67. The predicted molar refractivity (Wildman–Crippen MR) is 107 cm³/mol. The molecule has 0 aliphatic carbocycles. The Morgan fingerprint density at radius 2 is 1.93 bits per heavy atom. The van der Waals surface area contributed by atoms with Gasteiger partial charge in [-0.3, -0.25) is 9.78 Å². The average molecular weight is 388 g/mol. The molecule has 0 N–H and O–H groups in total. The largest absolute Gasteiger partial charge is 0.311 e. The molecule has 0 saturated carbocycles. The Hall–Kier alpha value is -3.26. The molecule has 1 aromatic carbocycles. The number of pyridine rings is 1. The van der Waals surface area contributed by atoms with Gasteiger partial charge < -0.3 is 4.90 Å². The topological polar surface area (TPSA) is 76.3 Å². The quantitative estimate of drug-likeness (QED) is 0.501. The fraction of sp³-hybridized carbons (Fsp3) is 0.150. The van der Waals surface area contributed by atoms with Crippen molar-refractivity contribution >= 4 is 29.0 Å². The van der Waals surface area contributed by atoms with Crippen molar-refractivity contribution < 1.29 is 4.79 Å². The number of aromatic nitrogens is 5. The number of para-hydroxylation sites is 1. The molecule has 7 nitrogen and oxygen atoms in total. The smallest absolute Gasteiger partial charge is 0.237 e. The molecule has 1 amide bonds. The highest BCUT2D eigenvalue weighted by Gasteiger charge is 2.24. The standard InChI is InChI=1S/C20H16N6OS/c27-19(25-12-10-14-5-1-2-7-16(14)25)13-28-18-9-8-17-22-23-20(26(17)24-18)15-6-3-4-11-21-15/h1-9,11H,10,12-13H2. The number of nitrogens with zero attached hydrogens (tertiary/aromatic N) is 6. The van der Waals surface area contributed by atoms with Crippen molar-refractivity contribution in [2.45, 2.75) is 11.4 Å². The summed E-state index contributed by atoms with van der Waals surface area (Å²) in [6.07, 6.45) is 2.62. The third kappa shape index (κ3) is 3.01. The van der Waals surface area contributed by atoms with Crippen LogP contribution in [0.1, 0.15) is 5.56 Å². The summed E-state index contributed by atoms with van der Waals surface area (Å²) in [7, 11) is 0. The number of thioether (sulfide) groups is 1. The van der Waals surface area contributed by atoms with E-state index in [0.717, 1.165) is 23.7 Å². The monoisotopic (exact) mass is 388 g/mol. The molecule has 1 aliphatic heterocycles. The van der Waals surface area contributed by atoms with Crippen LogP contribution in [0.3, 0.4) is 0 Å². The molecule has 4 aromatic rings. The summed E-state index contributed by atoms with van der Waals surface area (Å²) in [5.74, 6) is 0.997. The van der Waals surface area contributed by atoms with E-state index < -0.39 is 0 Å². The van der Waals surface area contributed by atoms with Crippen molar-refractivity contribution in [3.63, 3.8) is 0 Å². The van der Waals surface area contributed by atoms with Crippen LogP contribution < -0.4 is 4.90 Å². The molecule has 0 spiro atoms. The molecule has 28 heavy (non-hydrogen) atoms. The molecule has 8 heteroatoms. The molecular formula is C20H16N6OS. The van der Waals surface area contributed by atoms with Crippen molar-refractivity contribution in [2.24, 2.45) is 0 Å². The lowest BCUT2D eigenvalue weighted by Gasteiger charge is -2.16. The highest BCUT2D eigenvalue weighted by atomic mass is 32.2. The first kappa shape index (κ1) is 16.9. The van der Waals surface area contributed by atoms with E-state index in [1.54, 1.807) is 10.7 Å². The number of hydrogen-bond acceptors (Lipinski definition) is 6. The second kappa shape index (κ2) is 7.05. The zero-order chi connectivity index (χ0) is 18.9. The van der Waals surface area contributed by atoms with Gasteiger partial charge in [-0.05, 0) is 42.3 Å². The van der Waals surface area contributed by atoms with Gasteiger partial charge in [-0.25, -0.2) is 0 Å². The second-order valence-electron chi connectivity index (χ2n) is 6.39. The van der Waals surface area contributed by atoms with Gasteiger partial charge in [0.05, 0.1) is 5.75 Å². The van der Waals surface area contributed by atoms with E-state index in [9.17, 15) is 4.79 Å². The number of carbonyl (C=O) groups excluding carboxylic acids is 1. The molecule has 138 valence electrons. The fourth-order valence-electron chi connectivity index (χ4n) is 3.31. The molecule has 0 atom stereocenters. The third-order valence-electron chi connectivity index (χ3n) is 4.66. The van der Waals surface area contributed by atoms with Crippen molar-refractivity contribution in [1.29, 1.82) is 0 Å². The number of fused-ring (bicyclic) bond motifs is 2. The molecule has 0 bridgehead atoms. The maximum atomic E-state index is 12.7. The summed E-state index contributed by atoms with van der Waals surface area (Å²) in [6, 6.07) is 17.4. The van der Waals surface area contributed by atoms with Crippen molar-refractivity contribution in [3.8, 4) is 11.5 Å². The fourth-order valence-corrected chi connectivity index (χ4v) is 4.05. The van der Waals surface area contributed by atoms with E-state index in [1.165, 1.54) is 17.3 Å². The minimum Gasteiger partial charge on any atom is -0.311 e. The molecule has 4 heterocycles. The van der Waals surface area contributed by atoms with Crippen LogP contribution in [0.15, 0.2) is 65.8 Å². The van der Waals surface area contributed by atoms with Gasteiger partial charge in [-0.15, -0.1) is 10.2 Å². The van der Waals surface area contributed by atoms with Gasteiger partial charge >= 0.3 is 0 Å². The number of benzene rings is 1. The SMILES string of the molecule is O=C(CSc1ccc2nnc(-c3ccccn3)n2n1)N1CCc2ccccc21. The Kier molecular flexibility index (Phi) is 4.25. The Morgan fingerprint density at radius 3 is 2.82 bits per heavy atom. The van der Waals surface area contributed by atoms with E-state index in [0.29, 0.717) is 22.9 Å². The highest BCUT2D eigenvalue weighted by molar-refractivity contribution is 7.99. The van der Waals surface area contributed by atoms with E-state index in [-0.39, 0.29) is 5.91 Å². The summed E-state index contributed by atoms with van der Waals surface area (Å²) in [5, 5.41) is 13.7. The summed E-state index contributed by atoms with van der Waals surface area (Å²) in [6.45, 7) is 0.737. The average Bonchev–Trinajstić information content (AvgIpc) is 3.36. The van der Waals surface area contributed by atoms with Crippen LogP contribution in [0.25, 0.3) is 17.2 Å². The Labute approximate surface area is 165 Å². The van der Waals surface area contributed by atoms with Crippen molar-refractivity contribution in [1.82, 2.24) is 24.8 Å². The molecule has 0 saturated heterocycles. The molecule has 0 unspecified atom stereocenters. The normalized spacial score (nSPS) is 13.1. The van der Waals surface area contributed by atoms with E-state index >= 15 is 0 Å². The van der Waals surface area contributed by atoms with Crippen LogP contribution >= 0.6 is 11.8 Å². The summed E-state index contributed by atoms with van der Waals surface area (Å²) >= 11 is 1.41. The van der Waals surface area contributed by atoms with Crippen molar-refractivity contribution in [2.75, 3.05) is 17.2 Å². The molecule has 3 aromatic heterocycles. The van der Waals surface area contributed by atoms with Crippen molar-refractivity contribution in [3.05, 3.63) is 66.4 Å². The minimum absolute atomic E-state index is 0.0885. The summed E-state index contributed by atoms with van der Waals surface area (Å²) in [4.78, 5) is 18.9. The van der Waals surface area contributed by atoms with Gasteiger partial charge in [-0.2, -0.15) is 9.61 Å². The number of anilines is 1. The first-order chi connectivity index (χ1) is 13.8. The van der Waals surface area contributed by atoms with Crippen LogP contribution in [0.4, 0.5) is 5.69 Å². The zero-order valence-corrected chi connectivity index (χ0v) is 15.7. The number of rotatable bonds is 4. The number of amides is 1. The van der Waals surface area contributed by atoms with E-state index in [2.05, 4.69) is 26.3 Å². The first-order valence-corrected chi connectivity index (χ1v) is 9.93. The molecule has 5 rings (SSSR count). The van der Waals surface area contributed by atoms with Gasteiger partial charge in [0.1, 0.15) is 10.7 Å². The Morgan fingerprint density at radius 1 is 1.04 bits per heavy atom. The van der Waals surface area contributed by atoms with Gasteiger partial charge in [0.25, 0.3) is 0 Å². The van der Waals surface area contributed by atoms with Crippen LogP contribution in [-0.2, 0) is 11.2 Å². The van der Waals surface area contributed by atoms with Crippen LogP contribution in [0.5, 0.6) is 0 Å².